The lowest BCUT2D eigenvalue weighted by molar-refractivity contribution is 0.0630. The highest BCUT2D eigenvalue weighted by atomic mass is 15.2. The Bertz CT molecular complexity index is 581. The average molecular weight is 326 g/mol. The number of nitrogens with zero attached hydrogens (tertiary/aromatic N) is 3. The van der Waals surface area contributed by atoms with Gasteiger partial charge in [-0.1, -0.05) is 12.1 Å². The maximum absolute atomic E-state index is 5.73. The summed E-state index contributed by atoms with van der Waals surface area (Å²) in [7, 11) is 0. The second-order valence-corrected chi connectivity index (χ2v) is 6.98. The van der Waals surface area contributed by atoms with Gasteiger partial charge in [0, 0.05) is 18.5 Å². The number of aryl methyl sites for hydroxylation is 1. The zero-order valence-electron chi connectivity index (χ0n) is 14.8. The van der Waals surface area contributed by atoms with Crippen LogP contribution in [0.1, 0.15) is 55.8 Å². The number of hydrogen-bond acceptors (Lipinski definition) is 4. The summed E-state index contributed by atoms with van der Waals surface area (Å²) in [6.07, 6.45) is 15.2. The lowest BCUT2D eigenvalue weighted by Gasteiger charge is -2.45. The first-order valence-electron chi connectivity index (χ1n) is 9.37. The molecule has 1 fully saturated rings. The summed E-state index contributed by atoms with van der Waals surface area (Å²) in [6, 6.07) is 5.55. The molecule has 0 amide bonds. The van der Waals surface area contributed by atoms with E-state index in [4.69, 9.17) is 15.7 Å². The second-order valence-electron chi connectivity index (χ2n) is 6.98. The smallest absolute Gasteiger partial charge is 0.0689 e. The third kappa shape index (κ3) is 3.93. The van der Waals surface area contributed by atoms with Crippen molar-refractivity contribution in [2.45, 2.75) is 63.6 Å². The van der Waals surface area contributed by atoms with E-state index in [0.29, 0.717) is 18.1 Å². The van der Waals surface area contributed by atoms with Gasteiger partial charge < -0.3 is 5.73 Å². The van der Waals surface area contributed by atoms with Crippen LogP contribution in [0, 0.1) is 6.92 Å². The van der Waals surface area contributed by atoms with E-state index in [2.05, 4.69) is 30.0 Å². The van der Waals surface area contributed by atoms with Crippen LogP contribution in [0.2, 0.25) is 0 Å². The maximum atomic E-state index is 5.73. The molecule has 0 aliphatic carbocycles. The van der Waals surface area contributed by atoms with E-state index in [1.807, 2.05) is 18.5 Å². The van der Waals surface area contributed by atoms with Crippen molar-refractivity contribution >= 4 is 6.21 Å². The van der Waals surface area contributed by atoms with E-state index in [-0.39, 0.29) is 0 Å². The monoisotopic (exact) mass is 326 g/mol. The molecule has 2 aliphatic rings. The lowest BCUT2D eigenvalue weighted by Crippen LogP contribution is -2.48. The summed E-state index contributed by atoms with van der Waals surface area (Å²) < 4.78 is 0. The molecule has 0 aromatic carbocycles. The summed E-state index contributed by atoms with van der Waals surface area (Å²) in [4.78, 5) is 12.2. The number of aliphatic imine (C=N–C) groups is 1. The van der Waals surface area contributed by atoms with Crippen molar-refractivity contribution in [1.82, 2.24) is 9.88 Å². The molecular weight excluding hydrogens is 296 g/mol. The van der Waals surface area contributed by atoms with Crippen LogP contribution in [0.3, 0.4) is 0 Å². The Kier molecular flexibility index (Phi) is 6.16. The van der Waals surface area contributed by atoms with Crippen LogP contribution < -0.4 is 5.73 Å². The van der Waals surface area contributed by atoms with Crippen LogP contribution in [-0.2, 0) is 0 Å². The number of nitrogens with two attached hydrogens (primary N) is 1. The second kappa shape index (κ2) is 8.54. The molecule has 1 aromatic rings. The van der Waals surface area contributed by atoms with Crippen molar-refractivity contribution in [2.75, 3.05) is 13.1 Å². The van der Waals surface area contributed by atoms with Crippen LogP contribution in [0.4, 0.5) is 0 Å². The van der Waals surface area contributed by atoms with Gasteiger partial charge in [-0.3, -0.25) is 14.9 Å². The molecule has 1 aromatic heterocycles. The zero-order chi connectivity index (χ0) is 16.8. The van der Waals surface area contributed by atoms with Crippen molar-refractivity contribution in [3.63, 3.8) is 0 Å². The van der Waals surface area contributed by atoms with E-state index < -0.39 is 0 Å². The Balaban J connectivity index is 1.83. The van der Waals surface area contributed by atoms with Crippen LogP contribution in [0.15, 0.2) is 35.5 Å². The number of dihydropyridines is 1. The predicted molar refractivity (Wildman–Crippen MR) is 100 cm³/mol. The standard InChI is InChI=1S/C20H30N4/c1-16-8-7-14-23-20(16)19-11-6-10-18(17-9-2-4-13-22-17)24(19)15-5-3-12-21/h2,4,7-8,13-14,17-19H,3,5-6,9-12,15,21H2,1H3/t17?,18-,19+/m1/s1. The summed E-state index contributed by atoms with van der Waals surface area (Å²) in [5.74, 6) is 0. The van der Waals surface area contributed by atoms with Gasteiger partial charge in [0.15, 0.2) is 0 Å². The quantitative estimate of drug-likeness (QED) is 0.815. The zero-order valence-corrected chi connectivity index (χ0v) is 14.8. The van der Waals surface area contributed by atoms with Crippen LogP contribution >= 0.6 is 0 Å². The molecule has 3 rings (SSSR count). The van der Waals surface area contributed by atoms with Gasteiger partial charge in [0.1, 0.15) is 0 Å². The largest absolute Gasteiger partial charge is 0.330 e. The fraction of sp³-hybridized carbons (Fsp3) is 0.600. The minimum absolute atomic E-state index is 0.389. The maximum Gasteiger partial charge on any atom is 0.0689 e. The van der Waals surface area contributed by atoms with Gasteiger partial charge in [-0.25, -0.2) is 0 Å². The van der Waals surface area contributed by atoms with E-state index in [0.717, 1.165) is 32.4 Å². The van der Waals surface area contributed by atoms with Gasteiger partial charge >= 0.3 is 0 Å². The normalized spacial score (nSPS) is 27.5. The minimum atomic E-state index is 0.389. The van der Waals surface area contributed by atoms with Gasteiger partial charge in [-0.05, 0) is 76.2 Å². The van der Waals surface area contributed by atoms with E-state index >= 15 is 0 Å². The first-order valence-corrected chi connectivity index (χ1v) is 9.37. The summed E-state index contributed by atoms with van der Waals surface area (Å²) in [6.45, 7) is 4.06. The van der Waals surface area contributed by atoms with Crippen molar-refractivity contribution in [3.05, 3.63) is 41.7 Å². The number of unbranched alkanes of at least 4 members (excludes halogenated alkanes) is 1. The topological polar surface area (TPSA) is 54.5 Å². The highest BCUT2D eigenvalue weighted by molar-refractivity contribution is 5.72. The molecule has 130 valence electrons. The molecule has 0 bridgehead atoms. The first kappa shape index (κ1) is 17.3. The molecule has 2 N–H and O–H groups in total. The fourth-order valence-corrected chi connectivity index (χ4v) is 4.15. The van der Waals surface area contributed by atoms with Crippen molar-refractivity contribution < 1.29 is 0 Å². The molecule has 24 heavy (non-hydrogen) atoms. The Morgan fingerprint density at radius 2 is 2.21 bits per heavy atom. The van der Waals surface area contributed by atoms with Crippen molar-refractivity contribution in [3.8, 4) is 0 Å². The Morgan fingerprint density at radius 3 is 2.96 bits per heavy atom. The molecule has 4 nitrogen and oxygen atoms in total. The molecule has 2 aliphatic heterocycles. The Morgan fingerprint density at radius 1 is 1.29 bits per heavy atom. The molecule has 3 heterocycles. The number of piperidine rings is 1. The molecule has 0 saturated carbocycles. The van der Waals surface area contributed by atoms with E-state index in [1.165, 1.54) is 30.5 Å². The molecule has 1 saturated heterocycles. The van der Waals surface area contributed by atoms with E-state index in [1.54, 1.807) is 0 Å². The Hall–Kier alpha value is -1.52. The molecule has 0 spiro atoms. The summed E-state index contributed by atoms with van der Waals surface area (Å²) >= 11 is 0. The van der Waals surface area contributed by atoms with Gasteiger partial charge in [0.2, 0.25) is 0 Å². The fourth-order valence-electron chi connectivity index (χ4n) is 4.15. The highest BCUT2D eigenvalue weighted by Gasteiger charge is 2.36. The molecule has 3 atom stereocenters. The lowest BCUT2D eigenvalue weighted by atomic mass is 9.86. The number of pyridine rings is 1. The van der Waals surface area contributed by atoms with Crippen LogP contribution in [0.5, 0.6) is 0 Å². The molecule has 4 heteroatoms. The number of allylic oxidation sites excluding steroid dienone is 1. The van der Waals surface area contributed by atoms with Crippen LogP contribution in [-0.4, -0.2) is 41.3 Å². The molecular formula is C20H30N4. The third-order valence-electron chi connectivity index (χ3n) is 5.36. The van der Waals surface area contributed by atoms with Crippen molar-refractivity contribution in [1.29, 1.82) is 0 Å². The van der Waals surface area contributed by atoms with Gasteiger partial charge in [-0.2, -0.15) is 0 Å². The number of rotatable bonds is 6. The SMILES string of the molecule is Cc1cccnc1[C@@H]1CCC[C@H](C2CC=CC=N2)N1CCCCN. The third-order valence-corrected chi connectivity index (χ3v) is 5.36. The Labute approximate surface area is 145 Å². The minimum Gasteiger partial charge on any atom is -0.330 e. The first-order chi connectivity index (χ1) is 11.8. The predicted octanol–water partition coefficient (Wildman–Crippen LogP) is 3.42. The summed E-state index contributed by atoms with van der Waals surface area (Å²) in [5.41, 5.74) is 8.29. The molecule has 1 unspecified atom stereocenters. The van der Waals surface area contributed by atoms with Crippen LogP contribution in [0.25, 0.3) is 0 Å². The summed E-state index contributed by atoms with van der Waals surface area (Å²) in [5, 5.41) is 0. The van der Waals surface area contributed by atoms with Gasteiger partial charge in [-0.15, -0.1) is 0 Å². The van der Waals surface area contributed by atoms with E-state index in [9.17, 15) is 0 Å². The highest BCUT2D eigenvalue weighted by Crippen LogP contribution is 2.37. The average Bonchev–Trinajstić information content (AvgIpc) is 2.63. The molecule has 0 radical (unpaired) electrons. The van der Waals surface area contributed by atoms with Gasteiger partial charge in [0.05, 0.1) is 17.8 Å². The number of hydrogen-bond donors (Lipinski definition) is 1. The number of likely N-dealkylation sites (tertiary alicyclic amines) is 1. The number of aromatic nitrogens is 1. The van der Waals surface area contributed by atoms with Crippen molar-refractivity contribution in [2.24, 2.45) is 10.7 Å². The van der Waals surface area contributed by atoms with Gasteiger partial charge in [0.25, 0.3) is 0 Å².